The lowest BCUT2D eigenvalue weighted by Gasteiger charge is -2.33. The number of pyridine rings is 1. The molecule has 30 heavy (non-hydrogen) atoms. The molecule has 0 N–H and O–H groups in total. The van der Waals surface area contributed by atoms with Crippen LogP contribution in [0.2, 0.25) is 0 Å². The van der Waals surface area contributed by atoms with Crippen LogP contribution in [0.15, 0.2) is 42.7 Å². The van der Waals surface area contributed by atoms with E-state index in [1.807, 2.05) is 12.1 Å². The summed E-state index contributed by atoms with van der Waals surface area (Å²) >= 11 is 0. The van der Waals surface area contributed by atoms with Crippen molar-refractivity contribution >= 4 is 22.4 Å². The first kappa shape index (κ1) is 18.9. The molecule has 4 aromatic rings. The number of nitrogens with zero attached hydrogens (tertiary/aromatic N) is 6. The molecule has 0 bridgehead atoms. The van der Waals surface area contributed by atoms with Gasteiger partial charge in [-0.3, -0.25) is 4.98 Å². The second-order valence-corrected chi connectivity index (χ2v) is 7.81. The van der Waals surface area contributed by atoms with E-state index in [-0.39, 0.29) is 5.56 Å². The number of piperazine rings is 1. The van der Waals surface area contributed by atoms with E-state index in [2.05, 4.69) is 26.8 Å². The van der Waals surface area contributed by atoms with Crippen molar-refractivity contribution in [2.24, 2.45) is 0 Å². The summed E-state index contributed by atoms with van der Waals surface area (Å²) < 4.78 is 31.8. The number of hydrogen-bond donors (Lipinski definition) is 0. The maximum atomic E-state index is 15.2. The minimum absolute atomic E-state index is 0.00380. The van der Waals surface area contributed by atoms with Gasteiger partial charge in [0.25, 0.3) is 0 Å². The molecule has 1 aromatic carbocycles. The molecule has 5 rings (SSSR count). The Kier molecular flexibility index (Phi) is 4.58. The monoisotopic (exact) mass is 408 g/mol. The molecule has 1 fully saturated rings. The van der Waals surface area contributed by atoms with Crippen molar-refractivity contribution < 1.29 is 8.78 Å². The zero-order chi connectivity index (χ0) is 20.8. The number of imidazole rings is 1. The Bertz CT molecular complexity index is 1230. The van der Waals surface area contributed by atoms with E-state index in [1.54, 1.807) is 29.8 Å². The van der Waals surface area contributed by atoms with Gasteiger partial charge in [0.15, 0.2) is 5.65 Å². The van der Waals surface area contributed by atoms with Crippen LogP contribution in [0.1, 0.15) is 24.1 Å². The topological polar surface area (TPSA) is 49.6 Å². The van der Waals surface area contributed by atoms with Gasteiger partial charge in [0.2, 0.25) is 0 Å². The molecule has 0 amide bonds. The van der Waals surface area contributed by atoms with Crippen molar-refractivity contribution in [3.8, 4) is 0 Å². The van der Waals surface area contributed by atoms with Crippen LogP contribution in [0.5, 0.6) is 0 Å². The molecule has 1 unspecified atom stereocenters. The zero-order valence-corrected chi connectivity index (χ0v) is 16.9. The summed E-state index contributed by atoms with van der Waals surface area (Å²) in [5, 5.41) is 5.06. The quantitative estimate of drug-likeness (QED) is 0.520. The maximum Gasteiger partial charge on any atom is 0.153 e. The molecule has 3 aromatic heterocycles. The van der Waals surface area contributed by atoms with E-state index in [0.717, 1.165) is 32.0 Å². The number of halogens is 2. The lowest BCUT2D eigenvalue weighted by molar-refractivity contribution is 0.311. The molecule has 4 heterocycles. The Hall–Kier alpha value is -3.13. The number of likely N-dealkylation sites (N-methyl/N-ethyl adjacent to an activating group) is 1. The smallest absolute Gasteiger partial charge is 0.153 e. The summed E-state index contributed by atoms with van der Waals surface area (Å²) in [5.74, 6) is -0.933. The van der Waals surface area contributed by atoms with Gasteiger partial charge in [-0.05, 0) is 31.3 Å². The average Bonchev–Trinajstić information content (AvgIpc) is 3.17. The van der Waals surface area contributed by atoms with Crippen molar-refractivity contribution in [1.82, 2.24) is 24.5 Å². The third kappa shape index (κ3) is 3.08. The zero-order valence-electron chi connectivity index (χ0n) is 16.9. The number of anilines is 1. The largest absolute Gasteiger partial charge is 0.353 e. The van der Waals surface area contributed by atoms with Crippen LogP contribution in [0.4, 0.5) is 14.6 Å². The molecule has 0 saturated carbocycles. The van der Waals surface area contributed by atoms with Crippen molar-refractivity contribution in [1.29, 1.82) is 0 Å². The van der Waals surface area contributed by atoms with E-state index in [9.17, 15) is 4.39 Å². The predicted octanol–water partition coefficient (Wildman–Crippen LogP) is 3.46. The van der Waals surface area contributed by atoms with Gasteiger partial charge in [-0.1, -0.05) is 6.92 Å². The summed E-state index contributed by atoms with van der Waals surface area (Å²) in [7, 11) is 2.10. The van der Waals surface area contributed by atoms with Gasteiger partial charge in [-0.2, -0.15) is 0 Å². The van der Waals surface area contributed by atoms with Gasteiger partial charge in [0.1, 0.15) is 17.5 Å². The first-order chi connectivity index (χ1) is 14.5. The van der Waals surface area contributed by atoms with Gasteiger partial charge in [-0.25, -0.2) is 18.3 Å². The minimum atomic E-state index is -0.614. The summed E-state index contributed by atoms with van der Waals surface area (Å²) in [6, 6.07) is 8.40. The highest BCUT2D eigenvalue weighted by atomic mass is 19.1. The van der Waals surface area contributed by atoms with E-state index >= 15 is 4.39 Å². The maximum absolute atomic E-state index is 15.2. The Morgan fingerprint density at radius 3 is 2.63 bits per heavy atom. The summed E-state index contributed by atoms with van der Waals surface area (Å²) in [6.45, 7) is 5.48. The number of hydrogen-bond acceptors (Lipinski definition) is 5. The molecule has 0 radical (unpaired) electrons. The molecule has 154 valence electrons. The summed E-state index contributed by atoms with van der Waals surface area (Å²) in [4.78, 5) is 13.0. The van der Waals surface area contributed by atoms with E-state index in [0.29, 0.717) is 22.2 Å². The van der Waals surface area contributed by atoms with E-state index < -0.39 is 17.6 Å². The SMILES string of the molecule is CC(c1c(F)cc2ncccc2c1F)c1cnc2ccc(N3CCN(C)CC3)nn12. The highest BCUT2D eigenvalue weighted by Crippen LogP contribution is 2.32. The van der Waals surface area contributed by atoms with Crippen LogP contribution in [0, 0.1) is 11.6 Å². The molecular formula is C22H22F2N6. The Morgan fingerprint density at radius 2 is 1.83 bits per heavy atom. The number of rotatable bonds is 3. The van der Waals surface area contributed by atoms with Crippen LogP contribution in [0.25, 0.3) is 16.6 Å². The summed E-state index contributed by atoms with van der Waals surface area (Å²) in [5.41, 5.74) is 1.60. The van der Waals surface area contributed by atoms with E-state index in [4.69, 9.17) is 5.10 Å². The fourth-order valence-corrected chi connectivity index (χ4v) is 4.09. The Morgan fingerprint density at radius 1 is 1.03 bits per heavy atom. The van der Waals surface area contributed by atoms with E-state index in [1.165, 1.54) is 12.3 Å². The highest BCUT2D eigenvalue weighted by Gasteiger charge is 2.24. The van der Waals surface area contributed by atoms with Crippen LogP contribution < -0.4 is 4.90 Å². The molecule has 8 heteroatoms. The lowest BCUT2D eigenvalue weighted by Crippen LogP contribution is -2.45. The van der Waals surface area contributed by atoms with Crippen LogP contribution in [0.3, 0.4) is 0 Å². The van der Waals surface area contributed by atoms with Gasteiger partial charge in [-0.15, -0.1) is 5.10 Å². The van der Waals surface area contributed by atoms with Crippen molar-refractivity contribution in [3.05, 3.63) is 65.6 Å². The molecule has 1 aliphatic heterocycles. The minimum Gasteiger partial charge on any atom is -0.353 e. The second kappa shape index (κ2) is 7.28. The third-order valence-corrected chi connectivity index (χ3v) is 5.91. The molecular weight excluding hydrogens is 386 g/mol. The number of fused-ring (bicyclic) bond motifs is 2. The highest BCUT2D eigenvalue weighted by molar-refractivity contribution is 5.80. The molecule has 6 nitrogen and oxygen atoms in total. The average molecular weight is 408 g/mol. The van der Waals surface area contributed by atoms with Gasteiger partial charge in [0, 0.05) is 55.3 Å². The van der Waals surface area contributed by atoms with Crippen molar-refractivity contribution in [3.63, 3.8) is 0 Å². The Balaban J connectivity index is 1.58. The van der Waals surface area contributed by atoms with Crippen LogP contribution in [-0.2, 0) is 0 Å². The van der Waals surface area contributed by atoms with Gasteiger partial charge in [0.05, 0.1) is 17.4 Å². The first-order valence-electron chi connectivity index (χ1n) is 10.0. The van der Waals surface area contributed by atoms with Crippen molar-refractivity contribution in [2.75, 3.05) is 38.1 Å². The standard InChI is InChI=1S/C22H22F2N6/c1-14(21-16(23)12-17-15(22(21)24)4-3-7-25-17)18-13-26-19-5-6-20(27-30(18)19)29-10-8-28(2)9-11-29/h3-7,12-14H,8-11H2,1-2H3. The molecule has 1 saturated heterocycles. The molecule has 0 spiro atoms. The summed E-state index contributed by atoms with van der Waals surface area (Å²) in [6.07, 6.45) is 3.17. The fraction of sp³-hybridized carbons (Fsp3) is 0.318. The lowest BCUT2D eigenvalue weighted by atomic mass is 9.95. The molecule has 1 aliphatic rings. The molecule has 1 atom stereocenters. The Labute approximate surface area is 172 Å². The third-order valence-electron chi connectivity index (χ3n) is 5.91. The fourth-order valence-electron chi connectivity index (χ4n) is 4.09. The normalized spacial score (nSPS) is 16.5. The molecule has 0 aliphatic carbocycles. The number of benzene rings is 1. The first-order valence-corrected chi connectivity index (χ1v) is 10.0. The van der Waals surface area contributed by atoms with Crippen molar-refractivity contribution in [2.45, 2.75) is 12.8 Å². The predicted molar refractivity (Wildman–Crippen MR) is 112 cm³/mol. The van der Waals surface area contributed by atoms with Gasteiger partial charge < -0.3 is 9.80 Å². The second-order valence-electron chi connectivity index (χ2n) is 7.81. The number of aromatic nitrogens is 4. The van der Waals surface area contributed by atoms with Gasteiger partial charge >= 0.3 is 0 Å². The van der Waals surface area contributed by atoms with Crippen LogP contribution >= 0.6 is 0 Å². The van der Waals surface area contributed by atoms with Crippen LogP contribution in [-0.4, -0.2) is 57.7 Å².